The fraction of sp³-hybridized carbons (Fsp3) is 0.417. The molecule has 1 fully saturated rings. The number of aliphatic hydroxyl groups is 2. The second-order valence-corrected chi connectivity index (χ2v) is 4.56. The minimum atomic E-state index is -1.17. The normalized spacial score (nSPS) is 25.5. The molecule has 0 bridgehead atoms. The van der Waals surface area contributed by atoms with Crippen LogP contribution in [0.25, 0.3) is 6.08 Å². The second kappa shape index (κ2) is 6.04. The van der Waals surface area contributed by atoms with E-state index in [9.17, 15) is 14.7 Å². The van der Waals surface area contributed by atoms with Crippen LogP contribution in [0.3, 0.4) is 0 Å². The van der Waals surface area contributed by atoms with Crippen LogP contribution < -0.4 is 11.4 Å². The third-order valence-electron chi connectivity index (χ3n) is 3.11. The van der Waals surface area contributed by atoms with E-state index in [1.54, 1.807) is 0 Å². The molecule has 0 aliphatic carbocycles. The minimum absolute atomic E-state index is 0.106. The largest absolute Gasteiger partial charge is 0.478 e. The summed E-state index contributed by atoms with van der Waals surface area (Å²) in [7, 11) is 0. The Hall–Kier alpha value is -2.23. The molecule has 1 saturated heterocycles. The third kappa shape index (κ3) is 3.27. The van der Waals surface area contributed by atoms with Crippen molar-refractivity contribution in [2.75, 3.05) is 12.3 Å². The molecule has 1 unspecified atom stereocenters. The highest BCUT2D eigenvalue weighted by Crippen LogP contribution is 2.27. The van der Waals surface area contributed by atoms with E-state index in [1.807, 2.05) is 0 Å². The topological polar surface area (TPSA) is 148 Å². The second-order valence-electron chi connectivity index (χ2n) is 4.56. The summed E-state index contributed by atoms with van der Waals surface area (Å²) in [6.07, 6.45) is 1.01. The van der Waals surface area contributed by atoms with Gasteiger partial charge in [-0.05, 0) is 6.08 Å². The molecule has 0 spiro atoms. The van der Waals surface area contributed by atoms with E-state index in [0.29, 0.717) is 0 Å². The number of carboxylic acid groups (broad SMARTS) is 1. The Morgan fingerprint density at radius 1 is 1.62 bits per heavy atom. The van der Waals surface area contributed by atoms with Crippen LogP contribution in [0.4, 0.5) is 5.82 Å². The molecule has 0 saturated carbocycles. The van der Waals surface area contributed by atoms with Crippen LogP contribution in [-0.4, -0.2) is 49.7 Å². The van der Waals surface area contributed by atoms with E-state index in [4.69, 9.17) is 20.7 Å². The summed E-state index contributed by atoms with van der Waals surface area (Å²) in [5, 5.41) is 27.3. The summed E-state index contributed by atoms with van der Waals surface area (Å²) in [5.41, 5.74) is 5.11. The number of anilines is 1. The van der Waals surface area contributed by atoms with Crippen LogP contribution in [-0.2, 0) is 9.53 Å². The molecule has 1 aromatic rings. The highest BCUT2D eigenvalue weighted by Gasteiger charge is 2.35. The van der Waals surface area contributed by atoms with Crippen LogP contribution in [0.5, 0.6) is 0 Å². The van der Waals surface area contributed by atoms with Crippen molar-refractivity contribution in [3.8, 4) is 0 Å². The fourth-order valence-electron chi connectivity index (χ4n) is 2.04. The Kier molecular flexibility index (Phi) is 4.36. The van der Waals surface area contributed by atoms with Crippen molar-refractivity contribution in [1.82, 2.24) is 9.55 Å². The van der Waals surface area contributed by atoms with Crippen LogP contribution in [0.15, 0.2) is 17.1 Å². The zero-order valence-corrected chi connectivity index (χ0v) is 10.9. The lowest BCUT2D eigenvalue weighted by atomic mass is 10.2. The number of carboxylic acids is 1. The summed E-state index contributed by atoms with van der Waals surface area (Å²) in [6, 6.07) is 0. The van der Waals surface area contributed by atoms with Gasteiger partial charge in [-0.2, -0.15) is 4.98 Å². The number of nitrogen functional groups attached to an aromatic ring is 1. The standard InChI is InChI=1S/C12H15N3O6/c13-11-6(1-2-10(18)19)4-15(12(20)14-11)9-3-7(17)8(5-16)21-9/h1-2,4,7-9,16-17H,3,5H2,(H,18,19)(H2,13,14,20)/b2-1+/t7?,8-,9-/m1/s1. The maximum atomic E-state index is 11.8. The fourth-order valence-corrected chi connectivity index (χ4v) is 2.04. The molecule has 114 valence electrons. The molecule has 21 heavy (non-hydrogen) atoms. The number of hydrogen-bond donors (Lipinski definition) is 4. The van der Waals surface area contributed by atoms with Crippen molar-refractivity contribution >= 4 is 17.9 Å². The van der Waals surface area contributed by atoms with E-state index in [0.717, 1.165) is 10.6 Å². The zero-order chi connectivity index (χ0) is 15.6. The first-order chi connectivity index (χ1) is 9.92. The summed E-state index contributed by atoms with van der Waals surface area (Å²) in [4.78, 5) is 25.9. The van der Waals surface area contributed by atoms with Gasteiger partial charge in [0.05, 0.1) is 12.7 Å². The average molecular weight is 297 g/mol. The van der Waals surface area contributed by atoms with Gasteiger partial charge in [-0.3, -0.25) is 4.57 Å². The van der Waals surface area contributed by atoms with Gasteiger partial charge in [0.1, 0.15) is 18.1 Å². The van der Waals surface area contributed by atoms with Crippen molar-refractivity contribution in [3.63, 3.8) is 0 Å². The molecule has 1 aliphatic rings. The molecule has 2 heterocycles. The molecular weight excluding hydrogens is 282 g/mol. The van der Waals surface area contributed by atoms with Gasteiger partial charge in [-0.1, -0.05) is 0 Å². The van der Waals surface area contributed by atoms with Crippen LogP contribution in [0.1, 0.15) is 18.2 Å². The Bertz CT molecular complexity index is 626. The first-order valence-electron chi connectivity index (χ1n) is 6.16. The number of aromatic nitrogens is 2. The van der Waals surface area contributed by atoms with Crippen molar-refractivity contribution in [1.29, 1.82) is 0 Å². The first-order valence-corrected chi connectivity index (χ1v) is 6.16. The number of ether oxygens (including phenoxy) is 1. The predicted octanol–water partition coefficient (Wildman–Crippen LogP) is -1.44. The van der Waals surface area contributed by atoms with E-state index >= 15 is 0 Å². The number of nitrogens with two attached hydrogens (primary N) is 1. The third-order valence-corrected chi connectivity index (χ3v) is 3.11. The van der Waals surface area contributed by atoms with Gasteiger partial charge in [0.2, 0.25) is 0 Å². The maximum absolute atomic E-state index is 11.8. The number of rotatable bonds is 4. The molecule has 1 aliphatic heterocycles. The van der Waals surface area contributed by atoms with E-state index in [1.165, 1.54) is 12.3 Å². The molecule has 1 aromatic heterocycles. The smallest absolute Gasteiger partial charge is 0.351 e. The number of nitrogens with zero attached hydrogens (tertiary/aromatic N) is 2. The van der Waals surface area contributed by atoms with E-state index in [-0.39, 0.29) is 24.4 Å². The van der Waals surface area contributed by atoms with Gasteiger partial charge < -0.3 is 25.8 Å². The van der Waals surface area contributed by atoms with Crippen molar-refractivity contribution in [2.24, 2.45) is 0 Å². The van der Waals surface area contributed by atoms with Gasteiger partial charge in [-0.15, -0.1) is 0 Å². The lowest BCUT2D eigenvalue weighted by Gasteiger charge is -2.15. The summed E-state index contributed by atoms with van der Waals surface area (Å²) in [6.45, 7) is -0.374. The van der Waals surface area contributed by atoms with Crippen molar-refractivity contribution in [3.05, 3.63) is 28.3 Å². The van der Waals surface area contributed by atoms with Gasteiger partial charge in [0.25, 0.3) is 0 Å². The summed E-state index contributed by atoms with van der Waals surface area (Å²) < 4.78 is 6.46. The minimum Gasteiger partial charge on any atom is -0.478 e. The average Bonchev–Trinajstić information content (AvgIpc) is 2.78. The number of aliphatic carboxylic acids is 1. The molecule has 0 aromatic carbocycles. The summed E-state index contributed by atoms with van der Waals surface area (Å²) >= 11 is 0. The molecule has 9 heteroatoms. The molecule has 9 nitrogen and oxygen atoms in total. The van der Waals surface area contributed by atoms with Crippen LogP contribution in [0, 0.1) is 0 Å². The van der Waals surface area contributed by atoms with Gasteiger partial charge in [0, 0.05) is 24.3 Å². The molecule has 5 N–H and O–H groups in total. The molecule has 0 amide bonds. The van der Waals surface area contributed by atoms with E-state index in [2.05, 4.69) is 4.98 Å². The highest BCUT2D eigenvalue weighted by molar-refractivity contribution is 5.86. The Labute approximate surface area is 118 Å². The number of hydrogen-bond acceptors (Lipinski definition) is 7. The highest BCUT2D eigenvalue weighted by atomic mass is 16.5. The number of carbonyl (C=O) groups is 1. The molecule has 3 atom stereocenters. The lowest BCUT2D eigenvalue weighted by molar-refractivity contribution is -0.131. The Morgan fingerprint density at radius 2 is 2.33 bits per heavy atom. The number of aliphatic hydroxyl groups excluding tert-OH is 2. The van der Waals surface area contributed by atoms with Crippen molar-refractivity contribution in [2.45, 2.75) is 24.9 Å². The lowest BCUT2D eigenvalue weighted by Crippen LogP contribution is -2.28. The van der Waals surface area contributed by atoms with Gasteiger partial charge in [0.15, 0.2) is 0 Å². The van der Waals surface area contributed by atoms with Crippen LogP contribution >= 0.6 is 0 Å². The van der Waals surface area contributed by atoms with Crippen LogP contribution in [0.2, 0.25) is 0 Å². The molecule has 0 radical (unpaired) electrons. The molecular formula is C12H15N3O6. The van der Waals surface area contributed by atoms with Crippen molar-refractivity contribution < 1.29 is 24.9 Å². The quantitative estimate of drug-likeness (QED) is 0.494. The zero-order valence-electron chi connectivity index (χ0n) is 10.9. The Balaban J connectivity index is 2.34. The Morgan fingerprint density at radius 3 is 2.90 bits per heavy atom. The van der Waals surface area contributed by atoms with Gasteiger partial charge >= 0.3 is 11.7 Å². The van der Waals surface area contributed by atoms with E-state index < -0.39 is 30.1 Å². The summed E-state index contributed by atoms with van der Waals surface area (Å²) in [5.74, 6) is -1.27. The monoisotopic (exact) mass is 297 g/mol. The first kappa shape index (κ1) is 15.2. The predicted molar refractivity (Wildman–Crippen MR) is 71.2 cm³/mol. The van der Waals surface area contributed by atoms with Gasteiger partial charge in [-0.25, -0.2) is 9.59 Å². The maximum Gasteiger partial charge on any atom is 0.351 e. The molecule has 2 rings (SSSR count). The SMILES string of the molecule is Nc1nc(=O)n([C@H]2CC(O)[C@@H](CO)O2)cc1/C=C/C(=O)O.